The number of aliphatic carboxylic acids is 1. The number of rotatable bonds is 5. The van der Waals surface area contributed by atoms with E-state index in [0.717, 1.165) is 0 Å². The van der Waals surface area contributed by atoms with E-state index < -0.39 is 23.8 Å². The SMILES string of the molecule is CCCCC(C(=O)O)C(=O)C(F)(F)F. The van der Waals surface area contributed by atoms with Gasteiger partial charge in [-0.05, 0) is 6.42 Å². The van der Waals surface area contributed by atoms with Crippen LogP contribution < -0.4 is 0 Å². The van der Waals surface area contributed by atoms with Crippen LogP contribution in [-0.4, -0.2) is 23.0 Å². The van der Waals surface area contributed by atoms with Gasteiger partial charge >= 0.3 is 12.1 Å². The molecule has 0 saturated heterocycles. The van der Waals surface area contributed by atoms with E-state index >= 15 is 0 Å². The van der Waals surface area contributed by atoms with E-state index in [-0.39, 0.29) is 6.42 Å². The molecule has 0 aromatic carbocycles. The first-order valence-corrected chi connectivity index (χ1v) is 4.14. The highest BCUT2D eigenvalue weighted by Crippen LogP contribution is 2.24. The summed E-state index contributed by atoms with van der Waals surface area (Å²) < 4.78 is 35.6. The lowest BCUT2D eigenvalue weighted by Crippen LogP contribution is -2.35. The molecule has 0 fully saturated rings. The van der Waals surface area contributed by atoms with Crippen LogP contribution in [0.3, 0.4) is 0 Å². The standard InChI is InChI=1S/C8H11F3O3/c1-2-3-4-5(7(13)14)6(12)8(9,10)11/h5H,2-4H2,1H3,(H,13,14). The Labute approximate surface area is 78.9 Å². The highest BCUT2D eigenvalue weighted by molar-refractivity contribution is 6.01. The highest BCUT2D eigenvalue weighted by atomic mass is 19.4. The molecule has 0 spiro atoms. The summed E-state index contributed by atoms with van der Waals surface area (Å²) in [6.45, 7) is 1.71. The third-order valence-corrected chi connectivity index (χ3v) is 1.74. The molecule has 0 rings (SSSR count). The van der Waals surface area contributed by atoms with Crippen molar-refractivity contribution in [2.75, 3.05) is 0 Å². The summed E-state index contributed by atoms with van der Waals surface area (Å²) in [6.07, 6.45) is -4.48. The predicted molar refractivity (Wildman–Crippen MR) is 41.7 cm³/mol. The monoisotopic (exact) mass is 212 g/mol. The molecule has 0 aliphatic heterocycles. The summed E-state index contributed by atoms with van der Waals surface area (Å²) in [6, 6.07) is 0. The zero-order chi connectivity index (χ0) is 11.4. The lowest BCUT2D eigenvalue weighted by atomic mass is 9.97. The molecule has 6 heteroatoms. The van der Waals surface area contributed by atoms with Gasteiger partial charge in [0.25, 0.3) is 0 Å². The van der Waals surface area contributed by atoms with Gasteiger partial charge in [-0.25, -0.2) is 0 Å². The van der Waals surface area contributed by atoms with Gasteiger partial charge in [0.2, 0.25) is 5.78 Å². The lowest BCUT2D eigenvalue weighted by Gasteiger charge is -2.12. The molecule has 1 N–H and O–H groups in total. The second-order valence-electron chi connectivity index (χ2n) is 2.90. The van der Waals surface area contributed by atoms with E-state index in [1.807, 2.05) is 0 Å². The Morgan fingerprint density at radius 2 is 1.86 bits per heavy atom. The minimum Gasteiger partial charge on any atom is -0.481 e. The molecule has 0 aromatic heterocycles. The van der Waals surface area contributed by atoms with Crippen LogP contribution in [0.4, 0.5) is 13.2 Å². The maximum absolute atomic E-state index is 11.9. The molecule has 0 aliphatic rings. The second-order valence-corrected chi connectivity index (χ2v) is 2.90. The van der Waals surface area contributed by atoms with Gasteiger partial charge in [0.15, 0.2) is 0 Å². The van der Waals surface area contributed by atoms with Gasteiger partial charge in [0.05, 0.1) is 0 Å². The predicted octanol–water partition coefficient (Wildman–Crippen LogP) is 2.01. The topological polar surface area (TPSA) is 54.4 Å². The van der Waals surface area contributed by atoms with Crippen LogP contribution in [0.15, 0.2) is 0 Å². The Hall–Kier alpha value is -1.07. The molecule has 0 heterocycles. The quantitative estimate of drug-likeness (QED) is 0.709. The number of alkyl halides is 3. The van der Waals surface area contributed by atoms with Crippen molar-refractivity contribution in [2.24, 2.45) is 5.92 Å². The Morgan fingerprint density at radius 3 is 2.14 bits per heavy atom. The van der Waals surface area contributed by atoms with E-state index in [0.29, 0.717) is 12.8 Å². The molecule has 0 saturated carbocycles. The Kier molecular flexibility index (Phi) is 4.59. The first-order chi connectivity index (χ1) is 6.30. The van der Waals surface area contributed by atoms with E-state index in [1.54, 1.807) is 6.92 Å². The zero-order valence-electron chi connectivity index (χ0n) is 7.60. The number of hydrogen-bond donors (Lipinski definition) is 1. The third kappa shape index (κ3) is 3.76. The molecular formula is C8H11F3O3. The zero-order valence-corrected chi connectivity index (χ0v) is 7.60. The van der Waals surface area contributed by atoms with Crippen molar-refractivity contribution < 1.29 is 27.9 Å². The first-order valence-electron chi connectivity index (χ1n) is 4.14. The van der Waals surface area contributed by atoms with Crippen molar-refractivity contribution in [1.82, 2.24) is 0 Å². The molecule has 0 radical (unpaired) electrons. The van der Waals surface area contributed by atoms with Crippen molar-refractivity contribution >= 4 is 11.8 Å². The molecule has 0 aliphatic carbocycles. The lowest BCUT2D eigenvalue weighted by molar-refractivity contribution is -0.180. The molecular weight excluding hydrogens is 201 g/mol. The summed E-state index contributed by atoms with van der Waals surface area (Å²) in [4.78, 5) is 21.0. The fraction of sp³-hybridized carbons (Fsp3) is 0.750. The molecule has 3 nitrogen and oxygen atoms in total. The average Bonchev–Trinajstić information content (AvgIpc) is 2.02. The fourth-order valence-corrected chi connectivity index (χ4v) is 0.973. The van der Waals surface area contributed by atoms with E-state index in [4.69, 9.17) is 5.11 Å². The Balaban J connectivity index is 4.50. The van der Waals surface area contributed by atoms with Crippen LogP contribution in [0.5, 0.6) is 0 Å². The number of carbonyl (C=O) groups is 2. The number of carboxylic acid groups (broad SMARTS) is 1. The maximum Gasteiger partial charge on any atom is 0.450 e. The van der Waals surface area contributed by atoms with E-state index in [2.05, 4.69) is 0 Å². The molecule has 0 bridgehead atoms. The number of carboxylic acids is 1. The van der Waals surface area contributed by atoms with Gasteiger partial charge in [-0.3, -0.25) is 9.59 Å². The molecule has 0 aromatic rings. The number of hydrogen-bond acceptors (Lipinski definition) is 2. The number of ketones is 1. The largest absolute Gasteiger partial charge is 0.481 e. The molecule has 82 valence electrons. The third-order valence-electron chi connectivity index (χ3n) is 1.74. The van der Waals surface area contributed by atoms with E-state index in [1.165, 1.54) is 0 Å². The van der Waals surface area contributed by atoms with Gasteiger partial charge in [-0.1, -0.05) is 19.8 Å². The van der Waals surface area contributed by atoms with Gasteiger partial charge in [0, 0.05) is 0 Å². The Morgan fingerprint density at radius 1 is 1.36 bits per heavy atom. The normalized spacial score (nSPS) is 13.7. The maximum atomic E-state index is 11.9. The van der Waals surface area contributed by atoms with E-state index in [9.17, 15) is 22.8 Å². The van der Waals surface area contributed by atoms with Crippen molar-refractivity contribution in [1.29, 1.82) is 0 Å². The molecule has 14 heavy (non-hydrogen) atoms. The van der Waals surface area contributed by atoms with Crippen LogP contribution >= 0.6 is 0 Å². The van der Waals surface area contributed by atoms with Crippen molar-refractivity contribution in [3.8, 4) is 0 Å². The van der Waals surface area contributed by atoms with Crippen LogP contribution in [0.2, 0.25) is 0 Å². The van der Waals surface area contributed by atoms with Crippen LogP contribution in [0.25, 0.3) is 0 Å². The first kappa shape index (κ1) is 12.9. The molecule has 1 unspecified atom stereocenters. The van der Waals surface area contributed by atoms with Gasteiger partial charge in [0.1, 0.15) is 5.92 Å². The fourth-order valence-electron chi connectivity index (χ4n) is 0.973. The van der Waals surface area contributed by atoms with Crippen molar-refractivity contribution in [3.05, 3.63) is 0 Å². The molecule has 1 atom stereocenters. The minimum atomic E-state index is -5.06. The summed E-state index contributed by atoms with van der Waals surface area (Å²) in [7, 11) is 0. The van der Waals surface area contributed by atoms with Crippen LogP contribution in [0, 0.1) is 5.92 Å². The summed E-state index contributed by atoms with van der Waals surface area (Å²) in [5, 5.41) is 8.41. The highest BCUT2D eigenvalue weighted by Gasteiger charge is 2.45. The van der Waals surface area contributed by atoms with Gasteiger partial charge in [-0.2, -0.15) is 13.2 Å². The summed E-state index contributed by atoms with van der Waals surface area (Å²) >= 11 is 0. The smallest absolute Gasteiger partial charge is 0.450 e. The summed E-state index contributed by atoms with van der Waals surface area (Å²) in [5.41, 5.74) is 0. The van der Waals surface area contributed by atoms with Crippen LogP contribution in [-0.2, 0) is 9.59 Å². The van der Waals surface area contributed by atoms with Crippen LogP contribution in [0.1, 0.15) is 26.2 Å². The van der Waals surface area contributed by atoms with Gasteiger partial charge in [-0.15, -0.1) is 0 Å². The minimum absolute atomic E-state index is 0.260. The molecule has 0 amide bonds. The number of unbranched alkanes of at least 4 members (excludes halogenated alkanes) is 1. The average molecular weight is 212 g/mol. The number of halogens is 3. The number of carbonyl (C=O) groups excluding carboxylic acids is 1. The number of Topliss-reactive ketones (excluding diaryl/α,β-unsaturated/α-hetero) is 1. The second kappa shape index (κ2) is 4.97. The Bertz CT molecular complexity index is 222. The van der Waals surface area contributed by atoms with Crippen molar-refractivity contribution in [2.45, 2.75) is 32.4 Å². The summed E-state index contributed by atoms with van der Waals surface area (Å²) in [5.74, 6) is -5.82. The van der Waals surface area contributed by atoms with Gasteiger partial charge < -0.3 is 5.11 Å². The van der Waals surface area contributed by atoms with Crippen molar-refractivity contribution in [3.63, 3.8) is 0 Å².